The molecule has 0 spiro atoms. The summed E-state index contributed by atoms with van der Waals surface area (Å²) in [5.41, 5.74) is 0.973. The van der Waals surface area contributed by atoms with Crippen molar-refractivity contribution in [3.8, 4) is 0 Å². The highest BCUT2D eigenvalue weighted by molar-refractivity contribution is 6.31. The van der Waals surface area contributed by atoms with Crippen molar-refractivity contribution in [3.05, 3.63) is 99.8 Å². The molecule has 3 aromatic rings. The van der Waals surface area contributed by atoms with Gasteiger partial charge in [0, 0.05) is 16.1 Å². The van der Waals surface area contributed by atoms with Gasteiger partial charge in [-0.1, -0.05) is 41.4 Å². The van der Waals surface area contributed by atoms with Crippen LogP contribution in [-0.2, 0) is 16.9 Å². The largest absolute Gasteiger partial charge is 0.375 e. The number of Topliss-reactive ketones (excluding diaryl/α,β-unsaturated/α-hetero) is 1. The Balaban J connectivity index is 1.70. The number of nitrogens with zero attached hydrogens (tertiary/aromatic N) is 1. The Labute approximate surface area is 178 Å². The van der Waals surface area contributed by atoms with E-state index in [0.29, 0.717) is 16.3 Å². The molecule has 3 aromatic carbocycles. The molecule has 6 heteroatoms. The SMILES string of the molecule is Cc1ccc(CN2C(=O)C(O)(CC(=O)c3ccc(F)cc3)c3cc(Cl)ccc32)cc1. The molecule has 0 saturated carbocycles. The van der Waals surface area contributed by atoms with Crippen LogP contribution in [0.3, 0.4) is 0 Å². The molecule has 1 aliphatic heterocycles. The number of fused-ring (bicyclic) bond motifs is 1. The van der Waals surface area contributed by atoms with E-state index in [0.717, 1.165) is 11.1 Å². The predicted molar refractivity (Wildman–Crippen MR) is 113 cm³/mol. The number of hydrogen-bond donors (Lipinski definition) is 1. The molecule has 1 heterocycles. The fraction of sp³-hybridized carbons (Fsp3) is 0.167. The molecule has 0 fully saturated rings. The van der Waals surface area contributed by atoms with E-state index in [2.05, 4.69) is 0 Å². The van der Waals surface area contributed by atoms with E-state index in [1.807, 2.05) is 31.2 Å². The Morgan fingerprint density at radius 1 is 1.07 bits per heavy atom. The first-order chi connectivity index (χ1) is 14.3. The highest BCUT2D eigenvalue weighted by atomic mass is 35.5. The molecule has 1 atom stereocenters. The fourth-order valence-electron chi connectivity index (χ4n) is 3.70. The first-order valence-electron chi connectivity index (χ1n) is 9.46. The van der Waals surface area contributed by atoms with Gasteiger partial charge in [0.25, 0.3) is 5.91 Å². The molecule has 0 saturated heterocycles. The van der Waals surface area contributed by atoms with Gasteiger partial charge in [0.05, 0.1) is 18.7 Å². The summed E-state index contributed by atoms with van der Waals surface area (Å²) in [6.45, 7) is 2.22. The van der Waals surface area contributed by atoms with Crippen LogP contribution in [0.5, 0.6) is 0 Å². The Hall–Kier alpha value is -3.02. The molecule has 0 radical (unpaired) electrons. The first-order valence-corrected chi connectivity index (χ1v) is 9.84. The molecule has 1 N–H and O–H groups in total. The zero-order valence-corrected chi connectivity index (χ0v) is 17.0. The number of rotatable bonds is 5. The number of ketones is 1. The monoisotopic (exact) mass is 423 g/mol. The molecule has 30 heavy (non-hydrogen) atoms. The van der Waals surface area contributed by atoms with Gasteiger partial charge in [-0.05, 0) is 55.0 Å². The van der Waals surface area contributed by atoms with Crippen molar-refractivity contribution in [1.82, 2.24) is 0 Å². The number of hydrogen-bond acceptors (Lipinski definition) is 3. The van der Waals surface area contributed by atoms with Gasteiger partial charge in [0.15, 0.2) is 11.4 Å². The van der Waals surface area contributed by atoms with Crippen LogP contribution in [0.1, 0.15) is 33.5 Å². The van der Waals surface area contributed by atoms with Gasteiger partial charge in [-0.15, -0.1) is 0 Å². The lowest BCUT2D eigenvalue weighted by Gasteiger charge is -2.23. The van der Waals surface area contributed by atoms with Crippen LogP contribution in [0.2, 0.25) is 5.02 Å². The van der Waals surface area contributed by atoms with E-state index in [4.69, 9.17) is 11.6 Å². The van der Waals surface area contributed by atoms with Crippen LogP contribution in [0.4, 0.5) is 10.1 Å². The minimum Gasteiger partial charge on any atom is -0.375 e. The number of anilines is 1. The molecule has 4 rings (SSSR count). The average Bonchev–Trinajstić information content (AvgIpc) is 2.91. The second-order valence-electron chi connectivity index (χ2n) is 7.51. The van der Waals surface area contributed by atoms with E-state index in [9.17, 15) is 19.1 Å². The topological polar surface area (TPSA) is 57.6 Å². The summed E-state index contributed by atoms with van der Waals surface area (Å²) in [5.74, 6) is -1.52. The lowest BCUT2D eigenvalue weighted by Crippen LogP contribution is -2.41. The third-order valence-electron chi connectivity index (χ3n) is 5.34. The number of amides is 1. The highest BCUT2D eigenvalue weighted by Crippen LogP contribution is 2.44. The molecule has 0 aromatic heterocycles. The normalized spacial score (nSPS) is 17.9. The Morgan fingerprint density at radius 3 is 2.40 bits per heavy atom. The number of benzene rings is 3. The maximum atomic E-state index is 13.3. The van der Waals surface area contributed by atoms with Crippen LogP contribution in [0.15, 0.2) is 66.7 Å². The van der Waals surface area contributed by atoms with Crippen molar-refractivity contribution in [2.24, 2.45) is 0 Å². The summed E-state index contributed by atoms with van der Waals surface area (Å²) < 4.78 is 13.2. The molecule has 4 nitrogen and oxygen atoms in total. The molecule has 1 aliphatic rings. The van der Waals surface area contributed by atoms with E-state index < -0.39 is 29.5 Å². The van der Waals surface area contributed by atoms with Crippen molar-refractivity contribution < 1.29 is 19.1 Å². The zero-order chi connectivity index (χ0) is 21.5. The number of halogens is 2. The van der Waals surface area contributed by atoms with Gasteiger partial charge in [0.2, 0.25) is 0 Å². The van der Waals surface area contributed by atoms with Crippen LogP contribution in [-0.4, -0.2) is 16.8 Å². The van der Waals surface area contributed by atoms with Gasteiger partial charge >= 0.3 is 0 Å². The van der Waals surface area contributed by atoms with Gasteiger partial charge < -0.3 is 10.0 Å². The van der Waals surface area contributed by atoms with Crippen LogP contribution < -0.4 is 4.90 Å². The molecular formula is C24H19ClFNO3. The number of carbonyl (C=O) groups is 2. The second kappa shape index (κ2) is 7.67. The van der Waals surface area contributed by atoms with E-state index in [1.165, 1.54) is 35.2 Å². The Bertz CT molecular complexity index is 1130. The third kappa shape index (κ3) is 3.62. The summed E-state index contributed by atoms with van der Waals surface area (Å²) >= 11 is 6.13. The van der Waals surface area contributed by atoms with Crippen molar-refractivity contribution >= 4 is 29.0 Å². The van der Waals surface area contributed by atoms with Crippen LogP contribution in [0, 0.1) is 12.7 Å². The van der Waals surface area contributed by atoms with Gasteiger partial charge in [-0.3, -0.25) is 9.59 Å². The van der Waals surface area contributed by atoms with Crippen LogP contribution in [0.25, 0.3) is 0 Å². The highest BCUT2D eigenvalue weighted by Gasteiger charge is 2.51. The van der Waals surface area contributed by atoms with Crippen molar-refractivity contribution in [1.29, 1.82) is 0 Å². The number of aliphatic hydroxyl groups is 1. The summed E-state index contributed by atoms with van der Waals surface area (Å²) in [7, 11) is 0. The van der Waals surface area contributed by atoms with Crippen molar-refractivity contribution in [2.45, 2.75) is 25.5 Å². The lowest BCUT2D eigenvalue weighted by atomic mass is 9.88. The minimum atomic E-state index is -2.05. The van der Waals surface area contributed by atoms with Gasteiger partial charge in [-0.2, -0.15) is 0 Å². The molecule has 1 unspecified atom stereocenters. The molecular weight excluding hydrogens is 405 g/mol. The average molecular weight is 424 g/mol. The predicted octanol–water partition coefficient (Wildman–Crippen LogP) is 4.79. The van der Waals surface area contributed by atoms with E-state index in [1.54, 1.807) is 12.1 Å². The Kier molecular flexibility index (Phi) is 5.18. The summed E-state index contributed by atoms with van der Waals surface area (Å²) in [4.78, 5) is 27.5. The zero-order valence-electron chi connectivity index (χ0n) is 16.2. The first kappa shape index (κ1) is 20.3. The van der Waals surface area contributed by atoms with E-state index in [-0.39, 0.29) is 12.1 Å². The fourth-order valence-corrected chi connectivity index (χ4v) is 3.87. The summed E-state index contributed by atoms with van der Waals surface area (Å²) in [5, 5.41) is 11.7. The quantitative estimate of drug-likeness (QED) is 0.600. The van der Waals surface area contributed by atoms with Crippen LogP contribution >= 0.6 is 11.6 Å². The Morgan fingerprint density at radius 2 is 1.73 bits per heavy atom. The maximum Gasteiger partial charge on any atom is 0.264 e. The molecule has 1 amide bonds. The summed E-state index contributed by atoms with van der Waals surface area (Å²) in [6, 6.07) is 17.6. The van der Waals surface area contributed by atoms with Crippen molar-refractivity contribution in [2.75, 3.05) is 4.90 Å². The van der Waals surface area contributed by atoms with E-state index >= 15 is 0 Å². The van der Waals surface area contributed by atoms with Gasteiger partial charge in [0.1, 0.15) is 5.82 Å². The smallest absolute Gasteiger partial charge is 0.264 e. The third-order valence-corrected chi connectivity index (χ3v) is 5.57. The van der Waals surface area contributed by atoms with Gasteiger partial charge in [-0.25, -0.2) is 4.39 Å². The number of aryl methyl sites for hydroxylation is 1. The molecule has 0 aliphatic carbocycles. The lowest BCUT2D eigenvalue weighted by molar-refractivity contribution is -0.136. The standard InChI is InChI=1S/C24H19ClFNO3/c1-15-2-4-16(5-3-15)14-27-21-11-8-18(25)12-20(21)24(30,23(27)29)13-22(28)17-6-9-19(26)10-7-17/h2-12,30H,13-14H2,1H3. The molecule has 152 valence electrons. The maximum absolute atomic E-state index is 13.3. The minimum absolute atomic E-state index is 0.221. The summed E-state index contributed by atoms with van der Waals surface area (Å²) in [6.07, 6.45) is -0.463. The second-order valence-corrected chi connectivity index (χ2v) is 7.94. The number of carbonyl (C=O) groups excluding carboxylic acids is 2. The molecule has 0 bridgehead atoms. The van der Waals surface area contributed by atoms with Crippen molar-refractivity contribution in [3.63, 3.8) is 0 Å².